The Kier molecular flexibility index (Phi) is 3.98. The molecule has 1 aromatic carbocycles. The van der Waals surface area contributed by atoms with Gasteiger partial charge in [0.1, 0.15) is 5.75 Å². The lowest BCUT2D eigenvalue weighted by Crippen LogP contribution is -2.25. The van der Waals surface area contributed by atoms with E-state index in [0.29, 0.717) is 17.9 Å². The fourth-order valence-corrected chi connectivity index (χ4v) is 1.87. The van der Waals surface area contributed by atoms with Gasteiger partial charge in [-0.1, -0.05) is 18.2 Å². The van der Waals surface area contributed by atoms with E-state index in [9.17, 15) is 4.79 Å². The lowest BCUT2D eigenvalue weighted by atomic mass is 10.1. The quantitative estimate of drug-likeness (QED) is 0.870. The molecule has 1 unspecified atom stereocenters. The van der Waals surface area contributed by atoms with E-state index in [1.54, 1.807) is 12.1 Å². The van der Waals surface area contributed by atoms with Crippen molar-refractivity contribution in [2.45, 2.75) is 32.0 Å². The first-order chi connectivity index (χ1) is 8.25. The summed E-state index contributed by atoms with van der Waals surface area (Å²) in [6, 6.07) is 7.21. The largest absolute Gasteiger partial charge is 0.481 e. The van der Waals surface area contributed by atoms with Gasteiger partial charge < -0.3 is 14.6 Å². The highest BCUT2D eigenvalue weighted by Gasteiger charge is 2.17. The summed E-state index contributed by atoms with van der Waals surface area (Å²) in [6.07, 6.45) is 2.76. The summed E-state index contributed by atoms with van der Waals surface area (Å²) >= 11 is 0. The van der Waals surface area contributed by atoms with Gasteiger partial charge in [0.05, 0.1) is 13.0 Å². The number of carboxylic acid groups (broad SMARTS) is 1. The number of hydrogen-bond donors (Lipinski definition) is 1. The number of para-hydroxylation sites is 1. The Labute approximate surface area is 100 Å². The SMILES string of the molecule is O=C(O)Cc1ccccc1OC1CCCCO1. The first-order valence-corrected chi connectivity index (χ1v) is 5.83. The second-order valence-corrected chi connectivity index (χ2v) is 4.09. The van der Waals surface area contributed by atoms with Crippen molar-refractivity contribution < 1.29 is 19.4 Å². The first kappa shape index (κ1) is 11.9. The summed E-state index contributed by atoms with van der Waals surface area (Å²) in [5, 5.41) is 8.81. The molecule has 0 aliphatic carbocycles. The highest BCUT2D eigenvalue weighted by molar-refractivity contribution is 5.71. The van der Waals surface area contributed by atoms with Crippen LogP contribution in [0.5, 0.6) is 5.75 Å². The predicted molar refractivity (Wildman–Crippen MR) is 62.0 cm³/mol. The molecule has 1 aliphatic rings. The topological polar surface area (TPSA) is 55.8 Å². The molecule has 17 heavy (non-hydrogen) atoms. The minimum absolute atomic E-state index is 0.0249. The molecule has 0 saturated carbocycles. The van der Waals surface area contributed by atoms with Gasteiger partial charge in [0.2, 0.25) is 0 Å². The fourth-order valence-electron chi connectivity index (χ4n) is 1.87. The van der Waals surface area contributed by atoms with Crippen LogP contribution in [0.1, 0.15) is 24.8 Å². The van der Waals surface area contributed by atoms with Gasteiger partial charge >= 0.3 is 5.97 Å². The minimum atomic E-state index is -0.856. The number of carbonyl (C=O) groups is 1. The van der Waals surface area contributed by atoms with E-state index in [4.69, 9.17) is 14.6 Å². The number of carboxylic acids is 1. The van der Waals surface area contributed by atoms with Crippen molar-refractivity contribution in [3.63, 3.8) is 0 Å². The molecular weight excluding hydrogens is 220 g/mol. The highest BCUT2D eigenvalue weighted by Crippen LogP contribution is 2.23. The summed E-state index contributed by atoms with van der Waals surface area (Å²) in [7, 11) is 0. The van der Waals surface area contributed by atoms with Crippen LogP contribution in [0.3, 0.4) is 0 Å². The molecule has 0 bridgehead atoms. The van der Waals surface area contributed by atoms with Gasteiger partial charge in [-0.3, -0.25) is 4.79 Å². The third-order valence-corrected chi connectivity index (χ3v) is 2.71. The number of hydrogen-bond acceptors (Lipinski definition) is 3. The van der Waals surface area contributed by atoms with Crippen molar-refractivity contribution in [1.29, 1.82) is 0 Å². The van der Waals surface area contributed by atoms with Gasteiger partial charge in [0, 0.05) is 12.0 Å². The fraction of sp³-hybridized carbons (Fsp3) is 0.462. The molecule has 92 valence electrons. The average molecular weight is 236 g/mol. The van der Waals surface area contributed by atoms with Gasteiger partial charge in [0.15, 0.2) is 6.29 Å². The zero-order valence-corrected chi connectivity index (χ0v) is 9.59. The van der Waals surface area contributed by atoms with Crippen molar-refractivity contribution in [2.24, 2.45) is 0 Å². The third kappa shape index (κ3) is 3.46. The number of benzene rings is 1. The lowest BCUT2D eigenvalue weighted by Gasteiger charge is -2.24. The zero-order valence-electron chi connectivity index (χ0n) is 9.59. The van der Waals surface area contributed by atoms with Crippen LogP contribution in [0, 0.1) is 0 Å². The van der Waals surface area contributed by atoms with Crippen molar-refractivity contribution >= 4 is 5.97 Å². The molecule has 2 rings (SSSR count). The van der Waals surface area contributed by atoms with E-state index in [1.807, 2.05) is 12.1 Å². The van der Waals surface area contributed by atoms with Gasteiger partial charge in [-0.25, -0.2) is 0 Å². The van der Waals surface area contributed by atoms with Crippen LogP contribution in [0.4, 0.5) is 0 Å². The molecular formula is C13H16O4. The van der Waals surface area contributed by atoms with Crippen molar-refractivity contribution in [3.05, 3.63) is 29.8 Å². The molecule has 0 aromatic heterocycles. The van der Waals surface area contributed by atoms with Crippen molar-refractivity contribution in [1.82, 2.24) is 0 Å². The maximum atomic E-state index is 10.7. The van der Waals surface area contributed by atoms with Gasteiger partial charge in [-0.2, -0.15) is 0 Å². The van der Waals surface area contributed by atoms with Crippen LogP contribution in [0.15, 0.2) is 24.3 Å². The van der Waals surface area contributed by atoms with Gasteiger partial charge in [-0.05, 0) is 18.9 Å². The number of rotatable bonds is 4. The Morgan fingerprint density at radius 2 is 2.24 bits per heavy atom. The molecule has 1 aliphatic heterocycles. The Morgan fingerprint density at radius 3 is 2.94 bits per heavy atom. The molecule has 4 nitrogen and oxygen atoms in total. The molecule has 1 saturated heterocycles. The standard InChI is InChI=1S/C13H16O4/c14-12(15)9-10-5-1-2-6-11(10)17-13-7-3-4-8-16-13/h1-2,5-6,13H,3-4,7-9H2,(H,14,15). The van der Waals surface area contributed by atoms with Gasteiger partial charge in [0.25, 0.3) is 0 Å². The van der Waals surface area contributed by atoms with Crippen molar-refractivity contribution in [2.75, 3.05) is 6.61 Å². The second kappa shape index (κ2) is 5.68. The van der Waals surface area contributed by atoms with E-state index in [-0.39, 0.29) is 12.7 Å². The summed E-state index contributed by atoms with van der Waals surface area (Å²) in [6.45, 7) is 0.714. The summed E-state index contributed by atoms with van der Waals surface area (Å²) in [5.41, 5.74) is 0.689. The molecule has 0 spiro atoms. The van der Waals surface area contributed by atoms with E-state index < -0.39 is 5.97 Å². The molecule has 1 N–H and O–H groups in total. The summed E-state index contributed by atoms with van der Waals surface area (Å²) in [4.78, 5) is 10.7. The third-order valence-electron chi connectivity index (χ3n) is 2.71. The maximum absolute atomic E-state index is 10.7. The molecule has 0 amide bonds. The van der Waals surface area contributed by atoms with E-state index in [0.717, 1.165) is 19.3 Å². The monoisotopic (exact) mass is 236 g/mol. The Balaban J connectivity index is 2.05. The van der Waals surface area contributed by atoms with Crippen LogP contribution in [-0.4, -0.2) is 24.0 Å². The van der Waals surface area contributed by atoms with Crippen LogP contribution in [0.25, 0.3) is 0 Å². The Hall–Kier alpha value is -1.55. The molecule has 1 atom stereocenters. The minimum Gasteiger partial charge on any atom is -0.481 e. The molecule has 0 radical (unpaired) electrons. The lowest BCUT2D eigenvalue weighted by molar-refractivity contribution is -0.136. The second-order valence-electron chi connectivity index (χ2n) is 4.09. The van der Waals surface area contributed by atoms with Crippen molar-refractivity contribution in [3.8, 4) is 5.75 Å². The highest BCUT2D eigenvalue weighted by atomic mass is 16.7. The average Bonchev–Trinajstić information content (AvgIpc) is 2.32. The van der Waals surface area contributed by atoms with Crippen LogP contribution in [0.2, 0.25) is 0 Å². The summed E-state index contributed by atoms with van der Waals surface area (Å²) < 4.78 is 11.2. The first-order valence-electron chi connectivity index (χ1n) is 5.83. The Bertz CT molecular complexity index is 383. The molecule has 1 heterocycles. The van der Waals surface area contributed by atoms with Crippen LogP contribution >= 0.6 is 0 Å². The smallest absolute Gasteiger partial charge is 0.307 e. The molecule has 1 fully saturated rings. The number of ether oxygens (including phenoxy) is 2. The normalized spacial score (nSPS) is 19.9. The Morgan fingerprint density at radius 1 is 1.41 bits per heavy atom. The predicted octanol–water partition coefficient (Wildman–Crippen LogP) is 2.22. The van der Waals surface area contributed by atoms with E-state index in [2.05, 4.69) is 0 Å². The summed E-state index contributed by atoms with van der Waals surface area (Å²) in [5.74, 6) is -0.243. The van der Waals surface area contributed by atoms with E-state index in [1.165, 1.54) is 0 Å². The van der Waals surface area contributed by atoms with E-state index >= 15 is 0 Å². The van der Waals surface area contributed by atoms with Crippen LogP contribution < -0.4 is 4.74 Å². The number of aliphatic carboxylic acids is 1. The van der Waals surface area contributed by atoms with Crippen LogP contribution in [-0.2, 0) is 16.0 Å². The van der Waals surface area contributed by atoms with Gasteiger partial charge in [-0.15, -0.1) is 0 Å². The maximum Gasteiger partial charge on any atom is 0.307 e. The molecule has 1 aromatic rings. The zero-order chi connectivity index (χ0) is 12.1. The molecule has 4 heteroatoms.